The van der Waals surface area contributed by atoms with Crippen LogP contribution in [0.25, 0.3) is 6.08 Å². The molecule has 0 radical (unpaired) electrons. The molecule has 1 heterocycles. The molecule has 0 aliphatic carbocycles. The maximum Gasteiger partial charge on any atom is 0.491 e. The van der Waals surface area contributed by atoms with Gasteiger partial charge in [-0.25, -0.2) is 0 Å². The summed E-state index contributed by atoms with van der Waals surface area (Å²) in [5.74, 6) is 0.609. The van der Waals surface area contributed by atoms with Gasteiger partial charge in [0, 0.05) is 5.75 Å². The first-order chi connectivity index (χ1) is 10.5. The maximum absolute atomic E-state index is 6.13. The highest BCUT2D eigenvalue weighted by atomic mass is 32.1. The monoisotopic (exact) mass is 332 g/mol. The minimum Gasteiger partial charge on any atom is -0.400 e. The molecule has 0 spiro atoms. The van der Waals surface area contributed by atoms with Crippen LogP contribution in [0.5, 0.6) is 0 Å². The molecule has 0 bridgehead atoms. The zero-order valence-electron chi connectivity index (χ0n) is 15.4. The quantitative estimate of drug-likeness (QED) is 0.625. The normalized spacial score (nSPS) is 20.9. The van der Waals surface area contributed by atoms with Crippen LogP contribution in [0, 0.1) is 0 Å². The molecule has 1 aliphatic heterocycles. The molecule has 1 aliphatic rings. The molecule has 2 nitrogen and oxygen atoms in total. The second kappa shape index (κ2) is 6.31. The number of hydrogen-bond acceptors (Lipinski definition) is 3. The number of hydrogen-bond donors (Lipinski definition) is 1. The van der Waals surface area contributed by atoms with E-state index in [1.165, 1.54) is 5.56 Å². The number of thiol groups is 1. The lowest BCUT2D eigenvalue weighted by molar-refractivity contribution is 0.00578. The molecule has 0 amide bonds. The summed E-state index contributed by atoms with van der Waals surface area (Å²) in [6.45, 7) is 15.0. The zero-order chi connectivity index (χ0) is 17.5. The second-order valence-corrected chi connectivity index (χ2v) is 8.65. The van der Waals surface area contributed by atoms with E-state index in [4.69, 9.17) is 9.31 Å². The highest BCUT2D eigenvalue weighted by Crippen LogP contribution is 2.39. The molecular weight excluding hydrogens is 303 g/mol. The Morgan fingerprint density at radius 1 is 1.04 bits per heavy atom. The van der Waals surface area contributed by atoms with Crippen molar-refractivity contribution in [2.45, 2.75) is 65.1 Å². The third-order valence-corrected chi connectivity index (χ3v) is 5.23. The van der Waals surface area contributed by atoms with E-state index in [1.807, 2.05) is 0 Å². The van der Waals surface area contributed by atoms with Crippen molar-refractivity contribution in [1.82, 2.24) is 0 Å². The highest BCUT2D eigenvalue weighted by molar-refractivity contribution is 7.80. The summed E-state index contributed by atoms with van der Waals surface area (Å²) in [4.78, 5) is 0. The fourth-order valence-corrected chi connectivity index (χ4v) is 2.72. The van der Waals surface area contributed by atoms with Crippen LogP contribution in [0.1, 0.15) is 59.6 Å². The predicted octanol–water partition coefficient (Wildman–Crippen LogP) is 4.93. The molecule has 1 aromatic carbocycles. The van der Waals surface area contributed by atoms with Gasteiger partial charge in [0.25, 0.3) is 0 Å². The first-order valence-electron chi connectivity index (χ1n) is 8.24. The Bertz CT molecular complexity index is 566. The van der Waals surface area contributed by atoms with E-state index in [1.54, 1.807) is 0 Å². The topological polar surface area (TPSA) is 18.5 Å². The van der Waals surface area contributed by atoms with E-state index in [9.17, 15) is 0 Å². The summed E-state index contributed by atoms with van der Waals surface area (Å²) in [7, 11) is -0.334. The van der Waals surface area contributed by atoms with Gasteiger partial charge < -0.3 is 9.31 Å². The van der Waals surface area contributed by atoms with Gasteiger partial charge in [0.15, 0.2) is 0 Å². The first-order valence-corrected chi connectivity index (χ1v) is 8.87. The van der Waals surface area contributed by atoms with Crippen molar-refractivity contribution in [3.63, 3.8) is 0 Å². The third kappa shape index (κ3) is 4.04. The molecule has 126 valence electrons. The van der Waals surface area contributed by atoms with Crippen LogP contribution < -0.4 is 0 Å². The first kappa shape index (κ1) is 18.6. The van der Waals surface area contributed by atoms with Gasteiger partial charge in [-0.1, -0.05) is 51.1 Å². The van der Waals surface area contributed by atoms with Gasteiger partial charge >= 0.3 is 7.12 Å². The van der Waals surface area contributed by atoms with Gasteiger partial charge in [0.1, 0.15) is 0 Å². The number of rotatable bonds is 3. The minimum absolute atomic E-state index is 0.167. The van der Waals surface area contributed by atoms with Crippen LogP contribution in [-0.2, 0) is 14.7 Å². The van der Waals surface area contributed by atoms with Crippen molar-refractivity contribution in [2.24, 2.45) is 0 Å². The second-order valence-electron chi connectivity index (χ2n) is 8.34. The molecule has 0 atom stereocenters. The van der Waals surface area contributed by atoms with Crippen LogP contribution in [0.4, 0.5) is 0 Å². The Morgan fingerprint density at radius 2 is 1.52 bits per heavy atom. The third-order valence-electron chi connectivity index (χ3n) is 4.87. The van der Waals surface area contributed by atoms with Crippen molar-refractivity contribution in [2.75, 3.05) is 5.75 Å². The summed E-state index contributed by atoms with van der Waals surface area (Å²) in [6, 6.07) is 8.67. The fraction of sp³-hybridized carbons (Fsp3) is 0.579. The van der Waals surface area contributed by atoms with E-state index in [-0.39, 0.29) is 23.7 Å². The Labute approximate surface area is 147 Å². The average molecular weight is 332 g/mol. The van der Waals surface area contributed by atoms with Gasteiger partial charge in [0.2, 0.25) is 0 Å². The van der Waals surface area contributed by atoms with Gasteiger partial charge in [-0.3, -0.25) is 0 Å². The van der Waals surface area contributed by atoms with Gasteiger partial charge in [0.05, 0.1) is 11.2 Å². The van der Waals surface area contributed by atoms with Crippen molar-refractivity contribution >= 4 is 25.8 Å². The largest absolute Gasteiger partial charge is 0.491 e. The van der Waals surface area contributed by atoms with Crippen molar-refractivity contribution in [1.29, 1.82) is 0 Å². The van der Waals surface area contributed by atoms with E-state index in [2.05, 4.69) is 91.4 Å². The number of benzene rings is 1. The predicted molar refractivity (Wildman–Crippen MR) is 103 cm³/mol. The zero-order valence-corrected chi connectivity index (χ0v) is 16.3. The maximum atomic E-state index is 6.13. The minimum atomic E-state index is -0.334. The summed E-state index contributed by atoms with van der Waals surface area (Å²) < 4.78 is 12.3. The Morgan fingerprint density at radius 3 is 1.91 bits per heavy atom. The fourth-order valence-electron chi connectivity index (χ4n) is 2.48. The van der Waals surface area contributed by atoms with Gasteiger partial charge in [-0.05, 0) is 49.7 Å². The van der Waals surface area contributed by atoms with Crippen LogP contribution >= 0.6 is 12.6 Å². The molecule has 2 rings (SSSR count). The Kier molecular flexibility index (Phi) is 5.11. The van der Waals surface area contributed by atoms with E-state index in [0.717, 1.165) is 11.0 Å². The molecule has 0 unspecified atom stereocenters. The average Bonchev–Trinajstić information content (AvgIpc) is 2.64. The molecule has 1 aromatic rings. The van der Waals surface area contributed by atoms with Crippen LogP contribution in [0.3, 0.4) is 0 Å². The SMILES string of the molecule is CC(C)(C)c1ccc(C=C(CS)B2OC(C)(C)C(C)(C)O2)cc1. The van der Waals surface area contributed by atoms with Crippen LogP contribution in [0.15, 0.2) is 29.7 Å². The van der Waals surface area contributed by atoms with Crippen molar-refractivity contribution < 1.29 is 9.31 Å². The molecule has 4 heteroatoms. The smallest absolute Gasteiger partial charge is 0.400 e. The molecule has 23 heavy (non-hydrogen) atoms. The van der Waals surface area contributed by atoms with E-state index >= 15 is 0 Å². The van der Waals surface area contributed by atoms with Crippen LogP contribution in [-0.4, -0.2) is 24.1 Å². The highest BCUT2D eigenvalue weighted by Gasteiger charge is 2.52. The van der Waals surface area contributed by atoms with Gasteiger partial charge in [-0.15, -0.1) is 0 Å². The Hall–Kier alpha value is -0.705. The summed E-state index contributed by atoms with van der Waals surface area (Å²) in [5.41, 5.74) is 3.05. The summed E-state index contributed by atoms with van der Waals surface area (Å²) in [5, 5.41) is 0. The molecule has 0 aromatic heterocycles. The molecular formula is C19H29BO2S. The summed E-state index contributed by atoms with van der Waals surface area (Å²) in [6.07, 6.45) is 2.13. The van der Waals surface area contributed by atoms with Gasteiger partial charge in [-0.2, -0.15) is 12.6 Å². The van der Waals surface area contributed by atoms with E-state index in [0.29, 0.717) is 5.75 Å². The molecule has 1 fully saturated rings. The Balaban J connectivity index is 2.23. The summed E-state index contributed by atoms with van der Waals surface area (Å²) >= 11 is 4.47. The van der Waals surface area contributed by atoms with Crippen LogP contribution in [0.2, 0.25) is 0 Å². The standard InChI is InChI=1S/C19H29BO2S/c1-17(2,3)15-10-8-14(9-11-15)12-16(13-23)20-21-18(4,5)19(6,7)22-20/h8-12,23H,13H2,1-7H3. The lowest BCUT2D eigenvalue weighted by Gasteiger charge is -2.32. The molecule has 0 saturated carbocycles. The molecule has 0 N–H and O–H groups in total. The van der Waals surface area contributed by atoms with Crippen molar-refractivity contribution in [3.8, 4) is 0 Å². The lowest BCUT2D eigenvalue weighted by Crippen LogP contribution is -2.41. The molecule has 1 saturated heterocycles. The van der Waals surface area contributed by atoms with E-state index < -0.39 is 0 Å². The lowest BCUT2D eigenvalue weighted by atomic mass is 9.78. The van der Waals surface area contributed by atoms with Crippen molar-refractivity contribution in [3.05, 3.63) is 40.9 Å².